The fourth-order valence-electron chi connectivity index (χ4n) is 2.36. The predicted octanol–water partition coefficient (Wildman–Crippen LogP) is 1.33. The van der Waals surface area contributed by atoms with Crippen molar-refractivity contribution in [3.63, 3.8) is 0 Å². The van der Waals surface area contributed by atoms with Crippen LogP contribution in [0.4, 0.5) is 0 Å². The maximum atomic E-state index is 9.64. The Balaban J connectivity index is 1.99. The van der Waals surface area contributed by atoms with Gasteiger partial charge in [0.15, 0.2) is 0 Å². The second-order valence-electron chi connectivity index (χ2n) is 4.78. The molecule has 1 aromatic rings. The van der Waals surface area contributed by atoms with Gasteiger partial charge in [-0.2, -0.15) is 5.10 Å². The average molecular weight is 235 g/mol. The number of aliphatic hydroxyl groups is 1. The molecule has 0 aliphatic carbocycles. The Labute approximate surface area is 103 Å². The molecule has 1 aliphatic heterocycles. The number of β-amino-alcohol motifs (C(OH)–C–C–N with tert-alkyl or cyclic N) is 1. The maximum Gasteiger partial charge on any atom is 0.0667 e. The average Bonchev–Trinajstić information content (AvgIpc) is 2.60. The van der Waals surface area contributed by atoms with Gasteiger partial charge in [-0.15, -0.1) is 6.58 Å². The number of aliphatic hydroxyl groups excluding tert-OH is 1. The van der Waals surface area contributed by atoms with Gasteiger partial charge in [0.25, 0.3) is 0 Å². The molecule has 1 aliphatic rings. The van der Waals surface area contributed by atoms with Gasteiger partial charge >= 0.3 is 0 Å². The quantitative estimate of drug-likeness (QED) is 0.801. The summed E-state index contributed by atoms with van der Waals surface area (Å²) in [7, 11) is 0. The van der Waals surface area contributed by atoms with Gasteiger partial charge in [-0.25, -0.2) is 0 Å². The van der Waals surface area contributed by atoms with Gasteiger partial charge in [0.2, 0.25) is 0 Å². The number of aromatic nitrogens is 2. The zero-order valence-electron chi connectivity index (χ0n) is 10.5. The first-order valence-electron chi connectivity index (χ1n) is 6.23. The molecule has 1 saturated heterocycles. The molecule has 0 spiro atoms. The predicted molar refractivity (Wildman–Crippen MR) is 67.7 cm³/mol. The Bertz CT molecular complexity index is 386. The Morgan fingerprint density at radius 1 is 1.65 bits per heavy atom. The van der Waals surface area contributed by atoms with Crippen molar-refractivity contribution in [2.45, 2.75) is 39.0 Å². The summed E-state index contributed by atoms with van der Waals surface area (Å²) in [5, 5.41) is 14.1. The standard InChI is InChI=1S/C13H21N3O/c1-3-6-16-9-12(11(2)14-16)8-15-7-4-5-13(17)10-15/h3,9,13,17H,1,4-8,10H2,2H3/t13-/m0/s1. The number of rotatable bonds is 4. The first-order valence-corrected chi connectivity index (χ1v) is 6.23. The Morgan fingerprint density at radius 2 is 2.47 bits per heavy atom. The van der Waals surface area contributed by atoms with Gasteiger partial charge in [0.05, 0.1) is 18.3 Å². The molecule has 4 heteroatoms. The van der Waals surface area contributed by atoms with E-state index in [2.05, 4.69) is 22.8 Å². The molecule has 17 heavy (non-hydrogen) atoms. The van der Waals surface area contributed by atoms with Crippen LogP contribution in [0.25, 0.3) is 0 Å². The molecule has 2 heterocycles. The molecule has 1 aromatic heterocycles. The van der Waals surface area contributed by atoms with Gasteiger partial charge < -0.3 is 5.11 Å². The Hall–Kier alpha value is -1.13. The molecule has 0 amide bonds. The number of likely N-dealkylation sites (tertiary alicyclic amines) is 1. The van der Waals surface area contributed by atoms with Gasteiger partial charge in [-0.05, 0) is 26.3 Å². The minimum atomic E-state index is -0.160. The fraction of sp³-hybridized carbons (Fsp3) is 0.615. The van der Waals surface area contributed by atoms with E-state index in [0.29, 0.717) is 0 Å². The summed E-state index contributed by atoms with van der Waals surface area (Å²) in [5.41, 5.74) is 2.33. The highest BCUT2D eigenvalue weighted by Gasteiger charge is 2.18. The van der Waals surface area contributed by atoms with E-state index in [1.54, 1.807) is 0 Å². The number of piperidine rings is 1. The van der Waals surface area contributed by atoms with E-state index in [-0.39, 0.29) is 6.10 Å². The number of aryl methyl sites for hydroxylation is 1. The fourth-order valence-corrected chi connectivity index (χ4v) is 2.36. The minimum absolute atomic E-state index is 0.160. The molecule has 94 valence electrons. The molecule has 1 N–H and O–H groups in total. The highest BCUT2D eigenvalue weighted by molar-refractivity contribution is 5.15. The second kappa shape index (κ2) is 5.47. The van der Waals surface area contributed by atoms with E-state index in [9.17, 15) is 5.11 Å². The first kappa shape index (κ1) is 12.3. The highest BCUT2D eigenvalue weighted by Crippen LogP contribution is 2.15. The number of hydrogen-bond acceptors (Lipinski definition) is 3. The molecule has 0 saturated carbocycles. The summed E-state index contributed by atoms with van der Waals surface area (Å²) < 4.78 is 1.91. The van der Waals surface area contributed by atoms with E-state index in [1.807, 2.05) is 17.7 Å². The van der Waals surface area contributed by atoms with Crippen molar-refractivity contribution in [3.05, 3.63) is 30.1 Å². The Kier molecular flexibility index (Phi) is 3.97. The lowest BCUT2D eigenvalue weighted by molar-refractivity contribution is 0.0667. The Morgan fingerprint density at radius 3 is 3.18 bits per heavy atom. The third-order valence-electron chi connectivity index (χ3n) is 3.24. The van der Waals surface area contributed by atoms with Crippen LogP contribution in [0.5, 0.6) is 0 Å². The number of nitrogens with zero attached hydrogens (tertiary/aromatic N) is 3. The van der Waals surface area contributed by atoms with Crippen LogP contribution >= 0.6 is 0 Å². The molecule has 2 rings (SSSR count). The molecule has 1 fully saturated rings. The van der Waals surface area contributed by atoms with Crippen molar-refractivity contribution in [2.24, 2.45) is 0 Å². The third kappa shape index (κ3) is 3.17. The zero-order chi connectivity index (χ0) is 12.3. The molecule has 0 aromatic carbocycles. The molecule has 0 bridgehead atoms. The summed E-state index contributed by atoms with van der Waals surface area (Å²) >= 11 is 0. The van der Waals surface area contributed by atoms with Gasteiger partial charge in [-0.3, -0.25) is 9.58 Å². The topological polar surface area (TPSA) is 41.3 Å². The lowest BCUT2D eigenvalue weighted by Crippen LogP contribution is -2.37. The lowest BCUT2D eigenvalue weighted by Gasteiger charge is -2.29. The molecular formula is C13H21N3O. The van der Waals surface area contributed by atoms with Crippen molar-refractivity contribution in [2.75, 3.05) is 13.1 Å². The van der Waals surface area contributed by atoms with Crippen molar-refractivity contribution in [1.29, 1.82) is 0 Å². The largest absolute Gasteiger partial charge is 0.392 e. The van der Waals surface area contributed by atoms with Crippen LogP contribution in [0.3, 0.4) is 0 Å². The summed E-state index contributed by atoms with van der Waals surface area (Å²) in [6.45, 7) is 9.25. The van der Waals surface area contributed by atoms with Gasteiger partial charge in [0, 0.05) is 24.8 Å². The number of allylic oxidation sites excluding steroid dienone is 1. The zero-order valence-corrected chi connectivity index (χ0v) is 10.5. The van der Waals surface area contributed by atoms with Crippen LogP contribution in [0.1, 0.15) is 24.1 Å². The van der Waals surface area contributed by atoms with Gasteiger partial charge in [-0.1, -0.05) is 6.08 Å². The van der Waals surface area contributed by atoms with Crippen LogP contribution < -0.4 is 0 Å². The second-order valence-corrected chi connectivity index (χ2v) is 4.78. The molecule has 0 unspecified atom stereocenters. The molecule has 1 atom stereocenters. The van der Waals surface area contributed by atoms with Crippen LogP contribution in [-0.4, -0.2) is 39.0 Å². The summed E-state index contributed by atoms with van der Waals surface area (Å²) in [6.07, 6.45) is 5.79. The maximum absolute atomic E-state index is 9.64. The van der Waals surface area contributed by atoms with E-state index in [1.165, 1.54) is 5.56 Å². The third-order valence-corrected chi connectivity index (χ3v) is 3.24. The normalized spacial score (nSPS) is 21.6. The van der Waals surface area contributed by atoms with E-state index >= 15 is 0 Å². The van der Waals surface area contributed by atoms with Crippen molar-refractivity contribution >= 4 is 0 Å². The SMILES string of the molecule is C=CCn1cc(CN2CCC[C@H](O)C2)c(C)n1. The van der Waals surface area contributed by atoms with Crippen LogP contribution in [0.2, 0.25) is 0 Å². The molecule has 0 radical (unpaired) electrons. The summed E-state index contributed by atoms with van der Waals surface area (Å²) in [5.74, 6) is 0. The molecular weight excluding hydrogens is 214 g/mol. The highest BCUT2D eigenvalue weighted by atomic mass is 16.3. The number of hydrogen-bond donors (Lipinski definition) is 1. The molecule has 4 nitrogen and oxygen atoms in total. The van der Waals surface area contributed by atoms with Crippen LogP contribution in [0, 0.1) is 6.92 Å². The van der Waals surface area contributed by atoms with E-state index in [0.717, 1.165) is 44.7 Å². The lowest BCUT2D eigenvalue weighted by atomic mass is 10.1. The van der Waals surface area contributed by atoms with Crippen molar-refractivity contribution in [3.8, 4) is 0 Å². The van der Waals surface area contributed by atoms with Crippen molar-refractivity contribution in [1.82, 2.24) is 14.7 Å². The monoisotopic (exact) mass is 235 g/mol. The minimum Gasteiger partial charge on any atom is -0.392 e. The van der Waals surface area contributed by atoms with Crippen LogP contribution in [-0.2, 0) is 13.1 Å². The van der Waals surface area contributed by atoms with Crippen LogP contribution in [0.15, 0.2) is 18.9 Å². The van der Waals surface area contributed by atoms with E-state index < -0.39 is 0 Å². The van der Waals surface area contributed by atoms with Crippen molar-refractivity contribution < 1.29 is 5.11 Å². The summed E-state index contributed by atoms with van der Waals surface area (Å²) in [4.78, 5) is 2.30. The first-order chi connectivity index (χ1) is 8.19. The smallest absolute Gasteiger partial charge is 0.0667 e. The van der Waals surface area contributed by atoms with E-state index in [4.69, 9.17) is 0 Å². The summed E-state index contributed by atoms with van der Waals surface area (Å²) in [6, 6.07) is 0. The van der Waals surface area contributed by atoms with Gasteiger partial charge in [0.1, 0.15) is 0 Å².